The minimum Gasteiger partial charge on any atom is -0.481 e. The number of rotatable bonds is 4. The van der Waals surface area contributed by atoms with Crippen molar-refractivity contribution >= 4 is 51.3 Å². The van der Waals surface area contributed by atoms with Crippen LogP contribution in [0.2, 0.25) is 10.0 Å². The quantitative estimate of drug-likeness (QED) is 0.862. The van der Waals surface area contributed by atoms with Crippen molar-refractivity contribution in [3.8, 4) is 0 Å². The number of anilines is 2. The molecule has 7 heteroatoms. The van der Waals surface area contributed by atoms with E-state index in [-0.39, 0.29) is 0 Å². The van der Waals surface area contributed by atoms with E-state index in [1.807, 2.05) is 0 Å². The molecule has 0 aliphatic heterocycles. The van der Waals surface area contributed by atoms with Gasteiger partial charge in [-0.25, -0.2) is 4.98 Å². The highest BCUT2D eigenvalue weighted by Gasteiger charge is 2.32. The zero-order valence-electron chi connectivity index (χ0n) is 10.8. The lowest BCUT2D eigenvalue weighted by Gasteiger charge is -2.15. The van der Waals surface area contributed by atoms with Crippen LogP contribution in [-0.2, 0) is 10.2 Å². The van der Waals surface area contributed by atoms with Crippen molar-refractivity contribution in [2.24, 2.45) is 0 Å². The van der Waals surface area contributed by atoms with Crippen molar-refractivity contribution in [3.05, 3.63) is 39.3 Å². The Balaban J connectivity index is 2.21. The molecule has 20 heavy (non-hydrogen) atoms. The summed E-state index contributed by atoms with van der Waals surface area (Å²) < 4.78 is 0. The number of carboxylic acids is 1. The molecule has 0 spiro atoms. The van der Waals surface area contributed by atoms with Crippen LogP contribution in [-0.4, -0.2) is 16.1 Å². The van der Waals surface area contributed by atoms with Crippen molar-refractivity contribution in [3.63, 3.8) is 0 Å². The van der Waals surface area contributed by atoms with Gasteiger partial charge in [0.25, 0.3) is 0 Å². The number of carboxylic acid groups (broad SMARTS) is 1. The molecule has 2 N–H and O–H groups in total. The van der Waals surface area contributed by atoms with Crippen LogP contribution in [0, 0.1) is 0 Å². The number of nitrogens with one attached hydrogen (secondary N) is 1. The summed E-state index contributed by atoms with van der Waals surface area (Å²) in [5.41, 5.74) is 0.236. The molecule has 0 saturated heterocycles. The summed E-state index contributed by atoms with van der Waals surface area (Å²) in [5, 5.41) is 15.5. The molecule has 1 aromatic heterocycles. The summed E-state index contributed by atoms with van der Waals surface area (Å²) in [6.45, 7) is 3.24. The molecule has 0 bridgehead atoms. The van der Waals surface area contributed by atoms with Crippen LogP contribution in [0.25, 0.3) is 0 Å². The number of aliphatic carboxylic acids is 1. The summed E-state index contributed by atoms with van der Waals surface area (Å²) in [4.78, 5) is 15.5. The molecule has 0 aliphatic rings. The minimum absolute atomic E-state index is 0.444. The summed E-state index contributed by atoms with van der Waals surface area (Å²) in [6.07, 6.45) is 0. The minimum atomic E-state index is -1.02. The van der Waals surface area contributed by atoms with Gasteiger partial charge in [-0.15, -0.1) is 11.3 Å². The van der Waals surface area contributed by atoms with Gasteiger partial charge in [-0.2, -0.15) is 0 Å². The SMILES string of the molecule is CC(C)(C(=O)O)c1csc(Nc2ccc(Cl)c(Cl)c2)n1. The maximum absolute atomic E-state index is 11.2. The first kappa shape index (κ1) is 15.1. The van der Waals surface area contributed by atoms with Gasteiger partial charge in [0.1, 0.15) is 5.41 Å². The monoisotopic (exact) mass is 330 g/mol. The van der Waals surface area contributed by atoms with E-state index in [1.54, 1.807) is 37.4 Å². The highest BCUT2D eigenvalue weighted by Crippen LogP contribution is 2.31. The number of aromatic nitrogens is 1. The molecule has 2 rings (SSSR count). The predicted molar refractivity (Wildman–Crippen MR) is 82.5 cm³/mol. The molecule has 0 fully saturated rings. The molecule has 0 radical (unpaired) electrons. The number of benzene rings is 1. The van der Waals surface area contributed by atoms with Gasteiger partial charge in [0.15, 0.2) is 5.13 Å². The van der Waals surface area contributed by atoms with Crippen LogP contribution >= 0.6 is 34.5 Å². The van der Waals surface area contributed by atoms with E-state index in [1.165, 1.54) is 11.3 Å². The van der Waals surface area contributed by atoms with Crippen LogP contribution in [0.15, 0.2) is 23.6 Å². The van der Waals surface area contributed by atoms with Gasteiger partial charge in [-0.1, -0.05) is 23.2 Å². The number of hydrogen-bond acceptors (Lipinski definition) is 4. The first-order valence-corrected chi connectivity index (χ1v) is 7.36. The van der Waals surface area contributed by atoms with Crippen molar-refractivity contribution in [2.45, 2.75) is 19.3 Å². The summed E-state index contributed by atoms with van der Waals surface area (Å²) in [7, 11) is 0. The Morgan fingerprint density at radius 1 is 1.35 bits per heavy atom. The van der Waals surface area contributed by atoms with Crippen LogP contribution < -0.4 is 5.32 Å². The number of hydrogen-bond donors (Lipinski definition) is 2. The van der Waals surface area contributed by atoms with E-state index in [0.29, 0.717) is 20.9 Å². The van der Waals surface area contributed by atoms with Crippen molar-refractivity contribution in [1.82, 2.24) is 4.98 Å². The van der Waals surface area contributed by atoms with Crippen molar-refractivity contribution in [1.29, 1.82) is 0 Å². The fraction of sp³-hybridized carbons (Fsp3) is 0.231. The van der Waals surface area contributed by atoms with Crippen LogP contribution in [0.5, 0.6) is 0 Å². The molecule has 4 nitrogen and oxygen atoms in total. The Morgan fingerprint density at radius 3 is 2.65 bits per heavy atom. The van der Waals surface area contributed by atoms with Crippen LogP contribution in [0.1, 0.15) is 19.5 Å². The average Bonchev–Trinajstić information content (AvgIpc) is 2.83. The largest absolute Gasteiger partial charge is 0.481 e. The van der Waals surface area contributed by atoms with Gasteiger partial charge < -0.3 is 10.4 Å². The molecular formula is C13H12Cl2N2O2S. The normalized spacial score (nSPS) is 11.4. The second-order valence-corrected chi connectivity index (χ2v) is 6.39. The first-order chi connectivity index (χ1) is 9.30. The van der Waals surface area contributed by atoms with E-state index in [9.17, 15) is 9.90 Å². The van der Waals surface area contributed by atoms with Gasteiger partial charge in [-0.3, -0.25) is 4.79 Å². The molecule has 0 aliphatic carbocycles. The molecule has 0 atom stereocenters. The van der Waals surface area contributed by atoms with Gasteiger partial charge in [0, 0.05) is 11.1 Å². The Kier molecular flexibility index (Phi) is 4.22. The smallest absolute Gasteiger partial charge is 0.315 e. The van der Waals surface area contributed by atoms with E-state index >= 15 is 0 Å². The standard InChI is InChI=1S/C13H12Cl2N2O2S/c1-13(2,11(18)19)10-6-20-12(17-10)16-7-3-4-8(14)9(15)5-7/h3-6H,1-2H3,(H,16,17)(H,18,19). The van der Waals surface area contributed by atoms with Gasteiger partial charge in [0.05, 0.1) is 15.7 Å². The third kappa shape index (κ3) is 3.06. The molecular weight excluding hydrogens is 319 g/mol. The summed E-state index contributed by atoms with van der Waals surface area (Å²) in [6, 6.07) is 5.15. The zero-order valence-corrected chi connectivity index (χ0v) is 13.1. The number of thiazole rings is 1. The van der Waals surface area contributed by atoms with Gasteiger partial charge >= 0.3 is 5.97 Å². The van der Waals surface area contributed by atoms with Crippen LogP contribution in [0.3, 0.4) is 0 Å². The van der Waals surface area contributed by atoms with Crippen molar-refractivity contribution in [2.75, 3.05) is 5.32 Å². The van der Waals surface area contributed by atoms with Gasteiger partial charge in [-0.05, 0) is 32.0 Å². The number of halogens is 2. The third-order valence-electron chi connectivity index (χ3n) is 2.85. The highest BCUT2D eigenvalue weighted by atomic mass is 35.5. The Morgan fingerprint density at radius 2 is 2.05 bits per heavy atom. The molecule has 0 amide bonds. The predicted octanol–water partition coefficient (Wildman–Crippen LogP) is 4.56. The fourth-order valence-corrected chi connectivity index (χ4v) is 2.62. The lowest BCUT2D eigenvalue weighted by Crippen LogP contribution is -2.28. The number of nitrogens with zero attached hydrogens (tertiary/aromatic N) is 1. The van der Waals surface area contributed by atoms with Gasteiger partial charge in [0.2, 0.25) is 0 Å². The Labute approximate surface area is 130 Å². The molecule has 2 aromatic rings. The zero-order chi connectivity index (χ0) is 14.9. The van der Waals surface area contributed by atoms with E-state index in [4.69, 9.17) is 23.2 Å². The Hall–Kier alpha value is -1.30. The third-order valence-corrected chi connectivity index (χ3v) is 4.35. The lowest BCUT2D eigenvalue weighted by atomic mass is 9.90. The Bertz CT molecular complexity index is 656. The molecule has 106 valence electrons. The first-order valence-electron chi connectivity index (χ1n) is 5.72. The maximum atomic E-state index is 11.2. The topological polar surface area (TPSA) is 62.2 Å². The number of carbonyl (C=O) groups is 1. The summed E-state index contributed by atoms with van der Waals surface area (Å²) in [5.74, 6) is -0.913. The summed E-state index contributed by atoms with van der Waals surface area (Å²) >= 11 is 13.1. The second-order valence-electron chi connectivity index (χ2n) is 4.72. The van der Waals surface area contributed by atoms with Crippen molar-refractivity contribution < 1.29 is 9.90 Å². The average molecular weight is 331 g/mol. The molecule has 1 heterocycles. The molecule has 0 unspecified atom stereocenters. The fourth-order valence-electron chi connectivity index (χ4n) is 1.43. The van der Waals surface area contributed by atoms with Crippen LogP contribution in [0.4, 0.5) is 10.8 Å². The van der Waals surface area contributed by atoms with E-state index in [2.05, 4.69) is 10.3 Å². The maximum Gasteiger partial charge on any atom is 0.315 e. The molecule has 1 aromatic carbocycles. The van der Waals surface area contributed by atoms with E-state index < -0.39 is 11.4 Å². The highest BCUT2D eigenvalue weighted by molar-refractivity contribution is 7.13. The lowest BCUT2D eigenvalue weighted by molar-refractivity contribution is -0.142. The second kappa shape index (κ2) is 5.60. The molecule has 0 saturated carbocycles. The van der Waals surface area contributed by atoms with E-state index in [0.717, 1.165) is 5.69 Å².